The molecule has 0 aliphatic rings. The van der Waals surface area contributed by atoms with Gasteiger partial charge in [0.15, 0.2) is 17.4 Å². The zero-order chi connectivity index (χ0) is 5.54. The van der Waals surface area contributed by atoms with E-state index in [4.69, 9.17) is 0 Å². The van der Waals surface area contributed by atoms with Gasteiger partial charge >= 0.3 is 0 Å². The molecule has 0 aromatic heterocycles. The van der Waals surface area contributed by atoms with E-state index >= 15 is 0 Å². The van der Waals surface area contributed by atoms with Gasteiger partial charge in [0, 0.05) is 0 Å². The molecule has 43 valence electrons. The van der Waals surface area contributed by atoms with Crippen LogP contribution in [0.2, 0.25) is 10.6 Å². The van der Waals surface area contributed by atoms with Crippen LogP contribution in [0.5, 0.6) is 0 Å². The largest absolute Gasteiger partial charge is 0.212 e. The Bertz CT molecular complexity index is 51.5. The Balaban J connectivity index is 0. The topological polar surface area (TPSA) is 0 Å². The SMILES string of the molecule is C=C[CH2][Al][CH2]C=C.[AlH3]. The van der Waals surface area contributed by atoms with Gasteiger partial charge < -0.3 is 0 Å². The average molecular weight is 139 g/mol. The normalized spacial score (nSPS) is 6.50. The molecule has 0 bridgehead atoms. The fourth-order valence-corrected chi connectivity index (χ4v) is 0.996. The van der Waals surface area contributed by atoms with E-state index in [0.29, 0.717) is 15.2 Å². The molecular weight excluding hydrogens is 126 g/mol. The van der Waals surface area contributed by atoms with Crippen LogP contribution >= 0.6 is 0 Å². The molecule has 0 spiro atoms. The smallest absolute Gasteiger partial charge is 0.106 e. The van der Waals surface area contributed by atoms with E-state index in [1.54, 1.807) is 0 Å². The Hall–Kier alpha value is 0.545. The maximum Gasteiger partial charge on any atom is 0.212 e. The van der Waals surface area contributed by atoms with E-state index in [-0.39, 0.29) is 17.4 Å². The molecule has 8 heavy (non-hydrogen) atoms. The molecular formula is C6H13Al2. The van der Waals surface area contributed by atoms with E-state index in [9.17, 15) is 0 Å². The Morgan fingerprint density at radius 2 is 1.50 bits per heavy atom. The lowest BCUT2D eigenvalue weighted by Crippen LogP contribution is -1.79. The quantitative estimate of drug-likeness (QED) is 0.306. The molecule has 1 radical (unpaired) electrons. The maximum atomic E-state index is 3.62. The van der Waals surface area contributed by atoms with Crippen LogP contribution < -0.4 is 0 Å². The van der Waals surface area contributed by atoms with Crippen molar-refractivity contribution >= 4 is 32.6 Å². The molecule has 0 saturated heterocycles. The molecule has 0 N–H and O–H groups in total. The zero-order valence-electron chi connectivity index (χ0n) is 4.56. The first-order chi connectivity index (χ1) is 3.41. The van der Waals surface area contributed by atoms with Crippen molar-refractivity contribution in [3.63, 3.8) is 0 Å². The fraction of sp³-hybridized carbons (Fsp3) is 0.333. The molecule has 0 aliphatic heterocycles. The molecule has 0 aromatic carbocycles. The van der Waals surface area contributed by atoms with Gasteiger partial charge in [-0.2, -0.15) is 0 Å². The summed E-state index contributed by atoms with van der Waals surface area (Å²) in [6.45, 7) is 7.24. The van der Waals surface area contributed by atoms with E-state index < -0.39 is 0 Å². The van der Waals surface area contributed by atoms with Crippen LogP contribution in [0.25, 0.3) is 0 Å². The van der Waals surface area contributed by atoms with Crippen LogP contribution in [0.4, 0.5) is 0 Å². The van der Waals surface area contributed by atoms with Crippen LogP contribution in [0.1, 0.15) is 0 Å². The monoisotopic (exact) mass is 139 g/mol. The van der Waals surface area contributed by atoms with Crippen LogP contribution in [-0.4, -0.2) is 32.6 Å². The van der Waals surface area contributed by atoms with Crippen LogP contribution in [-0.2, 0) is 0 Å². The van der Waals surface area contributed by atoms with Gasteiger partial charge in [0.25, 0.3) is 0 Å². The summed E-state index contributed by atoms with van der Waals surface area (Å²) >= 11 is 0.586. The highest BCUT2D eigenvalue weighted by molar-refractivity contribution is 6.36. The van der Waals surface area contributed by atoms with Crippen molar-refractivity contribution in [2.24, 2.45) is 0 Å². The Labute approximate surface area is 68.5 Å². The molecule has 2 heteroatoms. The molecule has 0 heterocycles. The van der Waals surface area contributed by atoms with Gasteiger partial charge in [-0.1, -0.05) is 10.6 Å². The molecule has 0 nitrogen and oxygen atoms in total. The maximum absolute atomic E-state index is 3.62. The molecule has 0 aromatic rings. The number of hydrogen-bond acceptors (Lipinski definition) is 0. The highest BCUT2D eigenvalue weighted by atomic mass is 27.1. The van der Waals surface area contributed by atoms with Gasteiger partial charge in [-0.05, 0) is 0 Å². The van der Waals surface area contributed by atoms with Crippen molar-refractivity contribution in [2.45, 2.75) is 10.6 Å². The van der Waals surface area contributed by atoms with Crippen molar-refractivity contribution in [3.8, 4) is 0 Å². The summed E-state index contributed by atoms with van der Waals surface area (Å²) in [5, 5.41) is 2.40. The van der Waals surface area contributed by atoms with Gasteiger partial charge in [-0.25, -0.2) is 0 Å². The second-order valence-corrected chi connectivity index (χ2v) is 2.86. The van der Waals surface area contributed by atoms with Crippen molar-refractivity contribution in [1.29, 1.82) is 0 Å². The third kappa shape index (κ3) is 9.74. The Morgan fingerprint density at radius 3 is 1.75 bits per heavy atom. The summed E-state index contributed by atoms with van der Waals surface area (Å²) in [6.07, 6.45) is 3.94. The summed E-state index contributed by atoms with van der Waals surface area (Å²) in [7, 11) is 0. The zero-order valence-corrected chi connectivity index (χ0v) is 5.72. The van der Waals surface area contributed by atoms with Crippen molar-refractivity contribution in [2.75, 3.05) is 0 Å². The van der Waals surface area contributed by atoms with Crippen LogP contribution in [0.15, 0.2) is 25.3 Å². The summed E-state index contributed by atoms with van der Waals surface area (Å²) in [4.78, 5) is 0. The van der Waals surface area contributed by atoms with Crippen molar-refractivity contribution in [1.82, 2.24) is 0 Å². The van der Waals surface area contributed by atoms with E-state index in [1.165, 1.54) is 10.6 Å². The Kier molecular flexibility index (Phi) is 14.9. The average Bonchev–Trinajstić information content (AvgIpc) is 1.69. The third-order valence-corrected chi connectivity index (χ3v) is 2.00. The second-order valence-electron chi connectivity index (χ2n) is 1.34. The highest BCUT2D eigenvalue weighted by Crippen LogP contribution is 1.84. The third-order valence-electron chi connectivity index (χ3n) is 0.667. The predicted molar refractivity (Wildman–Crippen MR) is 45.7 cm³/mol. The molecule has 0 atom stereocenters. The summed E-state index contributed by atoms with van der Waals surface area (Å²) in [5.41, 5.74) is 0. The first-order valence-electron chi connectivity index (χ1n) is 2.45. The van der Waals surface area contributed by atoms with Crippen LogP contribution in [0.3, 0.4) is 0 Å². The summed E-state index contributed by atoms with van der Waals surface area (Å²) in [5.74, 6) is 0. The molecule has 0 aliphatic carbocycles. The number of rotatable bonds is 4. The van der Waals surface area contributed by atoms with Crippen molar-refractivity contribution in [3.05, 3.63) is 25.3 Å². The van der Waals surface area contributed by atoms with Gasteiger partial charge in [-0.15, -0.1) is 25.3 Å². The summed E-state index contributed by atoms with van der Waals surface area (Å²) in [6, 6.07) is 0. The van der Waals surface area contributed by atoms with Crippen molar-refractivity contribution < 1.29 is 0 Å². The highest BCUT2D eigenvalue weighted by Gasteiger charge is 1.79. The minimum Gasteiger partial charge on any atom is -0.106 e. The minimum atomic E-state index is 0. The molecule has 0 amide bonds. The number of hydrogen-bond donors (Lipinski definition) is 0. The lowest BCUT2D eigenvalue weighted by Gasteiger charge is -1.80. The van der Waals surface area contributed by atoms with E-state index in [0.717, 1.165) is 0 Å². The predicted octanol–water partition coefficient (Wildman–Crippen LogP) is 0.715. The molecule has 0 saturated carbocycles. The van der Waals surface area contributed by atoms with E-state index in [1.807, 2.05) is 12.2 Å². The molecule has 0 unspecified atom stereocenters. The lowest BCUT2D eigenvalue weighted by molar-refractivity contribution is 1.60. The second kappa shape index (κ2) is 10.5. The van der Waals surface area contributed by atoms with Gasteiger partial charge in [0.2, 0.25) is 15.2 Å². The number of allylic oxidation sites excluding steroid dienone is 2. The fourth-order valence-electron chi connectivity index (χ4n) is 0.332. The summed E-state index contributed by atoms with van der Waals surface area (Å²) < 4.78 is 0. The molecule has 0 fully saturated rings. The lowest BCUT2D eigenvalue weighted by atomic mass is 10.7. The van der Waals surface area contributed by atoms with E-state index in [2.05, 4.69) is 13.2 Å². The standard InChI is InChI=1S/2C3H5.2Al.3H/c2*1-3-2;;;;;/h2*3H,1-2H2;;;;;. The first kappa shape index (κ1) is 11.4. The van der Waals surface area contributed by atoms with Gasteiger partial charge in [0.05, 0.1) is 0 Å². The van der Waals surface area contributed by atoms with Gasteiger partial charge in [-0.3, -0.25) is 0 Å². The van der Waals surface area contributed by atoms with Gasteiger partial charge in [0.1, 0.15) is 0 Å². The molecule has 0 rings (SSSR count). The van der Waals surface area contributed by atoms with Crippen LogP contribution in [0, 0.1) is 0 Å². The minimum absolute atomic E-state index is 0. The first-order valence-corrected chi connectivity index (χ1v) is 4.08. The Morgan fingerprint density at radius 1 is 1.12 bits per heavy atom.